The van der Waals surface area contributed by atoms with Crippen LogP contribution in [0.15, 0.2) is 54.6 Å². The summed E-state index contributed by atoms with van der Waals surface area (Å²) in [7, 11) is 0. The highest BCUT2D eigenvalue weighted by atomic mass is 19.3. The number of halogens is 2. The fourth-order valence-electron chi connectivity index (χ4n) is 1.91. The molecule has 0 saturated carbocycles. The fourth-order valence-corrected chi connectivity index (χ4v) is 1.91. The fraction of sp³-hybridized carbons (Fsp3) is 0.188. The highest BCUT2D eigenvalue weighted by molar-refractivity contribution is 5.89. The minimum absolute atomic E-state index is 0.0319. The lowest BCUT2D eigenvalue weighted by atomic mass is 10.1. The van der Waals surface area contributed by atoms with Gasteiger partial charge in [-0.25, -0.2) is 0 Å². The van der Waals surface area contributed by atoms with Gasteiger partial charge in [0.25, 0.3) is 5.92 Å². The highest BCUT2D eigenvalue weighted by Crippen LogP contribution is 2.28. The van der Waals surface area contributed by atoms with Crippen molar-refractivity contribution in [2.24, 2.45) is 0 Å². The number of rotatable bonds is 5. The molecule has 3 nitrogen and oxygen atoms in total. The summed E-state index contributed by atoms with van der Waals surface area (Å²) in [6.45, 7) is 0.879. The first-order chi connectivity index (χ1) is 9.97. The number of hydrogen-bond donors (Lipinski definition) is 2. The Labute approximate surface area is 122 Å². The third-order valence-corrected chi connectivity index (χ3v) is 2.89. The number of amides is 1. The molecule has 0 saturated heterocycles. The van der Waals surface area contributed by atoms with E-state index in [0.717, 1.165) is 0 Å². The smallest absolute Gasteiger partial charge is 0.290 e. The Morgan fingerprint density at radius 3 is 2.38 bits per heavy atom. The number of hydrogen-bond acceptors (Lipinski definition) is 2. The summed E-state index contributed by atoms with van der Waals surface area (Å²) in [4.78, 5) is 11.0. The third-order valence-electron chi connectivity index (χ3n) is 2.89. The first kappa shape index (κ1) is 15.0. The molecular weight excluding hydrogens is 274 g/mol. The molecule has 110 valence electrons. The molecule has 2 aromatic carbocycles. The monoisotopic (exact) mass is 290 g/mol. The van der Waals surface area contributed by atoms with Crippen molar-refractivity contribution in [2.45, 2.75) is 12.8 Å². The van der Waals surface area contributed by atoms with E-state index in [1.54, 1.807) is 42.5 Å². The van der Waals surface area contributed by atoms with Crippen LogP contribution in [0.4, 0.5) is 20.2 Å². The Hall–Kier alpha value is -2.43. The molecule has 0 fully saturated rings. The number of alkyl halides is 2. The minimum Gasteiger partial charge on any atom is -0.379 e. The molecule has 2 N–H and O–H groups in total. The van der Waals surface area contributed by atoms with Crippen LogP contribution in [0.5, 0.6) is 0 Å². The number of benzene rings is 2. The zero-order chi connectivity index (χ0) is 15.3. The second-order valence-electron chi connectivity index (χ2n) is 4.69. The summed E-state index contributed by atoms with van der Waals surface area (Å²) >= 11 is 0. The van der Waals surface area contributed by atoms with Gasteiger partial charge in [0.2, 0.25) is 5.91 Å². The first-order valence-corrected chi connectivity index (χ1v) is 6.52. The zero-order valence-electron chi connectivity index (χ0n) is 11.6. The molecule has 21 heavy (non-hydrogen) atoms. The van der Waals surface area contributed by atoms with Gasteiger partial charge in [0, 0.05) is 23.9 Å². The maximum atomic E-state index is 14.0. The average Bonchev–Trinajstić information content (AvgIpc) is 2.46. The van der Waals surface area contributed by atoms with Gasteiger partial charge in [-0.2, -0.15) is 8.78 Å². The van der Waals surface area contributed by atoms with E-state index in [1.165, 1.54) is 19.1 Å². The number of carbonyl (C=O) groups excluding carboxylic acids is 1. The van der Waals surface area contributed by atoms with Gasteiger partial charge in [-0.05, 0) is 18.2 Å². The van der Waals surface area contributed by atoms with E-state index < -0.39 is 12.5 Å². The summed E-state index contributed by atoms with van der Waals surface area (Å²) in [6.07, 6.45) is 0. The van der Waals surface area contributed by atoms with Crippen molar-refractivity contribution in [3.63, 3.8) is 0 Å². The molecule has 0 unspecified atom stereocenters. The standard InChI is InChI=1S/C16H16F2N2O/c1-12(21)20-15-9-5-8-14(10-15)19-11-16(17,18)13-6-3-2-4-7-13/h2-10,19H,11H2,1H3,(H,20,21). The molecule has 0 aromatic heterocycles. The summed E-state index contributed by atoms with van der Waals surface area (Å²) in [5, 5.41) is 5.30. The molecule has 2 rings (SSSR count). The van der Waals surface area contributed by atoms with Gasteiger partial charge in [0.05, 0.1) is 6.54 Å². The normalized spacial score (nSPS) is 11.0. The Bertz CT molecular complexity index is 615. The van der Waals surface area contributed by atoms with Crippen LogP contribution in [0.1, 0.15) is 12.5 Å². The highest BCUT2D eigenvalue weighted by Gasteiger charge is 2.30. The van der Waals surface area contributed by atoms with E-state index in [2.05, 4.69) is 10.6 Å². The molecule has 0 aliphatic carbocycles. The Morgan fingerprint density at radius 2 is 1.71 bits per heavy atom. The van der Waals surface area contributed by atoms with E-state index >= 15 is 0 Å². The van der Waals surface area contributed by atoms with Crippen molar-refractivity contribution < 1.29 is 13.6 Å². The lowest BCUT2D eigenvalue weighted by molar-refractivity contribution is -0.114. The van der Waals surface area contributed by atoms with Gasteiger partial charge in [0.15, 0.2) is 0 Å². The lowest BCUT2D eigenvalue weighted by Crippen LogP contribution is -2.24. The average molecular weight is 290 g/mol. The Morgan fingerprint density at radius 1 is 1.05 bits per heavy atom. The van der Waals surface area contributed by atoms with Gasteiger partial charge in [-0.3, -0.25) is 4.79 Å². The summed E-state index contributed by atoms with van der Waals surface area (Å²) in [5.74, 6) is -3.17. The quantitative estimate of drug-likeness (QED) is 0.878. The van der Waals surface area contributed by atoms with Crippen molar-refractivity contribution in [3.8, 4) is 0 Å². The summed E-state index contributed by atoms with van der Waals surface area (Å²) in [6, 6.07) is 14.3. The SMILES string of the molecule is CC(=O)Nc1cccc(NCC(F)(F)c2ccccc2)c1. The number of anilines is 2. The topological polar surface area (TPSA) is 41.1 Å². The Balaban J connectivity index is 2.04. The largest absolute Gasteiger partial charge is 0.379 e. The van der Waals surface area contributed by atoms with Gasteiger partial charge < -0.3 is 10.6 Å². The predicted octanol–water partition coefficient (Wildman–Crippen LogP) is 3.85. The van der Waals surface area contributed by atoms with Gasteiger partial charge in [-0.1, -0.05) is 36.4 Å². The zero-order valence-corrected chi connectivity index (χ0v) is 11.6. The van der Waals surface area contributed by atoms with Crippen LogP contribution >= 0.6 is 0 Å². The van der Waals surface area contributed by atoms with Crippen molar-refractivity contribution in [1.82, 2.24) is 0 Å². The minimum atomic E-state index is -2.97. The molecule has 5 heteroatoms. The van der Waals surface area contributed by atoms with Crippen LogP contribution in [-0.4, -0.2) is 12.5 Å². The van der Waals surface area contributed by atoms with E-state index in [0.29, 0.717) is 11.4 Å². The molecular formula is C16H16F2N2O. The second kappa shape index (κ2) is 6.35. The van der Waals surface area contributed by atoms with Crippen molar-refractivity contribution in [3.05, 3.63) is 60.2 Å². The van der Waals surface area contributed by atoms with Crippen molar-refractivity contribution >= 4 is 17.3 Å². The third kappa shape index (κ3) is 4.27. The number of carbonyl (C=O) groups is 1. The molecule has 1 amide bonds. The first-order valence-electron chi connectivity index (χ1n) is 6.52. The van der Waals surface area contributed by atoms with Crippen LogP contribution in [0, 0.1) is 0 Å². The molecule has 0 radical (unpaired) electrons. The molecule has 0 spiro atoms. The molecule has 0 atom stereocenters. The lowest BCUT2D eigenvalue weighted by Gasteiger charge is -2.18. The molecule has 0 heterocycles. The molecule has 2 aromatic rings. The van der Waals surface area contributed by atoms with Crippen molar-refractivity contribution in [2.75, 3.05) is 17.2 Å². The van der Waals surface area contributed by atoms with E-state index in [1.807, 2.05) is 0 Å². The van der Waals surface area contributed by atoms with Gasteiger partial charge in [-0.15, -0.1) is 0 Å². The summed E-state index contributed by atoms with van der Waals surface area (Å²) in [5.41, 5.74) is 1.06. The van der Waals surface area contributed by atoms with Crippen molar-refractivity contribution in [1.29, 1.82) is 0 Å². The predicted molar refractivity (Wildman–Crippen MR) is 79.6 cm³/mol. The number of nitrogens with one attached hydrogen (secondary N) is 2. The molecule has 0 bridgehead atoms. The second-order valence-corrected chi connectivity index (χ2v) is 4.69. The van der Waals surface area contributed by atoms with E-state index in [9.17, 15) is 13.6 Å². The molecule has 0 aliphatic heterocycles. The van der Waals surface area contributed by atoms with Crippen LogP contribution in [-0.2, 0) is 10.7 Å². The van der Waals surface area contributed by atoms with Crippen LogP contribution in [0.3, 0.4) is 0 Å². The summed E-state index contributed by atoms with van der Waals surface area (Å²) < 4.78 is 28.0. The van der Waals surface area contributed by atoms with Crippen LogP contribution in [0.2, 0.25) is 0 Å². The Kier molecular flexibility index (Phi) is 4.52. The maximum absolute atomic E-state index is 14.0. The maximum Gasteiger partial charge on any atom is 0.290 e. The van der Waals surface area contributed by atoms with Gasteiger partial charge in [0.1, 0.15) is 0 Å². The van der Waals surface area contributed by atoms with E-state index in [-0.39, 0.29) is 11.5 Å². The molecule has 0 aliphatic rings. The van der Waals surface area contributed by atoms with E-state index in [4.69, 9.17) is 0 Å². The van der Waals surface area contributed by atoms with Crippen LogP contribution < -0.4 is 10.6 Å². The van der Waals surface area contributed by atoms with Crippen LogP contribution in [0.25, 0.3) is 0 Å². The van der Waals surface area contributed by atoms with Gasteiger partial charge >= 0.3 is 0 Å².